The Labute approximate surface area is 126 Å². The minimum atomic E-state index is -0.367. The molecule has 0 unspecified atom stereocenters. The summed E-state index contributed by atoms with van der Waals surface area (Å²) in [4.78, 5) is 16.4. The van der Waals surface area contributed by atoms with Crippen LogP contribution in [0, 0.1) is 12.8 Å². The molecule has 1 aromatic heterocycles. The van der Waals surface area contributed by atoms with Crippen LogP contribution in [0.5, 0.6) is 0 Å². The zero-order chi connectivity index (χ0) is 15.4. The Morgan fingerprint density at radius 3 is 2.57 bits per heavy atom. The fourth-order valence-electron chi connectivity index (χ4n) is 2.68. The van der Waals surface area contributed by atoms with Crippen molar-refractivity contribution in [3.63, 3.8) is 0 Å². The molecule has 0 bridgehead atoms. The van der Waals surface area contributed by atoms with E-state index in [2.05, 4.69) is 23.9 Å². The Morgan fingerprint density at radius 1 is 1.38 bits per heavy atom. The van der Waals surface area contributed by atoms with Gasteiger partial charge < -0.3 is 15.2 Å². The summed E-state index contributed by atoms with van der Waals surface area (Å²) in [6, 6.07) is 1.59. The summed E-state index contributed by atoms with van der Waals surface area (Å²) in [5.41, 5.74) is 6.88. The van der Waals surface area contributed by atoms with E-state index in [1.54, 1.807) is 0 Å². The molecule has 2 rings (SSSR count). The topological polar surface area (TPSA) is 75.6 Å². The van der Waals surface area contributed by atoms with E-state index in [0.29, 0.717) is 5.92 Å². The summed E-state index contributed by atoms with van der Waals surface area (Å²) in [7, 11) is 0. The van der Waals surface area contributed by atoms with Gasteiger partial charge >= 0.3 is 0 Å². The highest BCUT2D eigenvalue weighted by atomic mass is 16.5. The molecule has 2 N–H and O–H groups in total. The molecule has 21 heavy (non-hydrogen) atoms. The SMILES string of the molecule is Cc1cc(CN2CCN(C(=O)[C@@H](N)CC(C)C)CC2)on1. The van der Waals surface area contributed by atoms with Crippen molar-refractivity contribution in [2.24, 2.45) is 11.7 Å². The van der Waals surface area contributed by atoms with Gasteiger partial charge in [0.05, 0.1) is 18.3 Å². The van der Waals surface area contributed by atoms with Crippen LogP contribution in [0.3, 0.4) is 0 Å². The lowest BCUT2D eigenvalue weighted by Gasteiger charge is -2.35. The maximum atomic E-state index is 12.3. The van der Waals surface area contributed by atoms with Crippen LogP contribution in [0.25, 0.3) is 0 Å². The molecule has 1 amide bonds. The van der Waals surface area contributed by atoms with Gasteiger partial charge in [-0.1, -0.05) is 19.0 Å². The number of nitrogens with two attached hydrogens (primary N) is 1. The smallest absolute Gasteiger partial charge is 0.239 e. The van der Waals surface area contributed by atoms with E-state index in [9.17, 15) is 4.79 Å². The van der Waals surface area contributed by atoms with Crippen molar-refractivity contribution in [3.8, 4) is 0 Å². The minimum Gasteiger partial charge on any atom is -0.360 e. The molecule has 0 spiro atoms. The number of amides is 1. The van der Waals surface area contributed by atoms with Gasteiger partial charge in [-0.25, -0.2) is 0 Å². The molecule has 2 heterocycles. The molecule has 6 heteroatoms. The quantitative estimate of drug-likeness (QED) is 0.877. The monoisotopic (exact) mass is 294 g/mol. The van der Waals surface area contributed by atoms with Gasteiger partial charge in [0.2, 0.25) is 5.91 Å². The van der Waals surface area contributed by atoms with Crippen LogP contribution in [0.15, 0.2) is 10.6 Å². The van der Waals surface area contributed by atoms with Crippen molar-refractivity contribution in [2.75, 3.05) is 26.2 Å². The third kappa shape index (κ3) is 4.54. The van der Waals surface area contributed by atoms with Gasteiger partial charge in [0, 0.05) is 32.2 Å². The van der Waals surface area contributed by atoms with Crippen LogP contribution in [0.1, 0.15) is 31.7 Å². The fourth-order valence-corrected chi connectivity index (χ4v) is 2.68. The normalized spacial score (nSPS) is 18.2. The first-order valence-corrected chi connectivity index (χ1v) is 7.64. The zero-order valence-corrected chi connectivity index (χ0v) is 13.2. The average Bonchev–Trinajstić information content (AvgIpc) is 2.83. The number of aromatic nitrogens is 1. The molecule has 0 radical (unpaired) electrons. The Balaban J connectivity index is 1.78. The van der Waals surface area contributed by atoms with Crippen LogP contribution in [-0.4, -0.2) is 53.1 Å². The van der Waals surface area contributed by atoms with Crippen molar-refractivity contribution in [1.82, 2.24) is 15.0 Å². The molecule has 118 valence electrons. The van der Waals surface area contributed by atoms with Gasteiger partial charge in [-0.15, -0.1) is 0 Å². The van der Waals surface area contributed by atoms with Crippen molar-refractivity contribution in [1.29, 1.82) is 0 Å². The number of aryl methyl sites for hydroxylation is 1. The lowest BCUT2D eigenvalue weighted by molar-refractivity contribution is -0.134. The third-order valence-electron chi connectivity index (χ3n) is 3.78. The first-order valence-electron chi connectivity index (χ1n) is 7.64. The van der Waals surface area contributed by atoms with Crippen molar-refractivity contribution >= 4 is 5.91 Å². The number of carbonyl (C=O) groups excluding carboxylic acids is 1. The second-order valence-electron chi connectivity index (χ2n) is 6.27. The van der Waals surface area contributed by atoms with Crippen LogP contribution < -0.4 is 5.73 Å². The Hall–Kier alpha value is -1.40. The van der Waals surface area contributed by atoms with Gasteiger partial charge in [-0.05, 0) is 19.3 Å². The maximum Gasteiger partial charge on any atom is 0.239 e. The molecule has 0 aliphatic carbocycles. The number of rotatable bonds is 5. The largest absolute Gasteiger partial charge is 0.360 e. The van der Waals surface area contributed by atoms with Crippen LogP contribution in [0.2, 0.25) is 0 Å². The molecule has 0 saturated carbocycles. The van der Waals surface area contributed by atoms with E-state index in [0.717, 1.165) is 50.6 Å². The van der Waals surface area contributed by atoms with Gasteiger partial charge in [-0.2, -0.15) is 0 Å². The summed E-state index contributed by atoms with van der Waals surface area (Å²) >= 11 is 0. The zero-order valence-electron chi connectivity index (χ0n) is 13.2. The van der Waals surface area contributed by atoms with Crippen LogP contribution >= 0.6 is 0 Å². The Kier molecular flexibility index (Phi) is 5.36. The third-order valence-corrected chi connectivity index (χ3v) is 3.78. The molecule has 1 aromatic rings. The molecule has 0 aromatic carbocycles. The van der Waals surface area contributed by atoms with E-state index < -0.39 is 0 Å². The first kappa shape index (κ1) is 16.0. The predicted octanol–water partition coefficient (Wildman–Crippen LogP) is 1.00. The van der Waals surface area contributed by atoms with E-state index in [1.165, 1.54) is 0 Å². The molecule has 6 nitrogen and oxygen atoms in total. The predicted molar refractivity (Wildman–Crippen MR) is 80.5 cm³/mol. The van der Waals surface area contributed by atoms with Crippen molar-refractivity contribution < 1.29 is 9.32 Å². The highest BCUT2D eigenvalue weighted by Crippen LogP contribution is 2.12. The lowest BCUT2D eigenvalue weighted by Crippen LogP contribution is -2.53. The fraction of sp³-hybridized carbons (Fsp3) is 0.733. The number of piperazine rings is 1. The summed E-state index contributed by atoms with van der Waals surface area (Å²) in [6.45, 7) is 10.0. The highest BCUT2D eigenvalue weighted by Gasteiger charge is 2.26. The minimum absolute atomic E-state index is 0.0823. The lowest BCUT2D eigenvalue weighted by atomic mass is 10.0. The molecular formula is C15H26N4O2. The van der Waals surface area contributed by atoms with Gasteiger partial charge in [0.1, 0.15) is 0 Å². The molecule has 1 atom stereocenters. The highest BCUT2D eigenvalue weighted by molar-refractivity contribution is 5.81. The molecular weight excluding hydrogens is 268 g/mol. The Morgan fingerprint density at radius 2 is 2.05 bits per heavy atom. The van der Waals surface area contributed by atoms with Gasteiger partial charge in [0.15, 0.2) is 5.76 Å². The molecule has 1 aliphatic rings. The first-order chi connectivity index (χ1) is 9.95. The summed E-state index contributed by atoms with van der Waals surface area (Å²) in [5.74, 6) is 1.41. The number of carbonyl (C=O) groups is 1. The van der Waals surface area contributed by atoms with Crippen LogP contribution in [0.4, 0.5) is 0 Å². The van der Waals surface area contributed by atoms with E-state index in [4.69, 9.17) is 10.3 Å². The standard InChI is InChI=1S/C15H26N4O2/c1-11(2)8-14(16)15(20)19-6-4-18(5-7-19)10-13-9-12(3)17-21-13/h9,11,14H,4-8,10,16H2,1-3H3/t14-/m0/s1. The van der Waals surface area contributed by atoms with Crippen molar-refractivity contribution in [2.45, 2.75) is 39.8 Å². The summed E-state index contributed by atoms with van der Waals surface area (Å²) in [6.07, 6.45) is 0.746. The van der Waals surface area contributed by atoms with Gasteiger partial charge in [-0.3, -0.25) is 9.69 Å². The van der Waals surface area contributed by atoms with Crippen LogP contribution in [-0.2, 0) is 11.3 Å². The Bertz CT molecular complexity index is 464. The maximum absolute atomic E-state index is 12.3. The van der Waals surface area contributed by atoms with E-state index >= 15 is 0 Å². The molecule has 1 aliphatic heterocycles. The number of nitrogens with zero attached hydrogens (tertiary/aromatic N) is 3. The van der Waals surface area contributed by atoms with E-state index in [1.807, 2.05) is 17.9 Å². The molecule has 1 fully saturated rings. The summed E-state index contributed by atoms with van der Waals surface area (Å²) < 4.78 is 5.23. The number of hydrogen-bond donors (Lipinski definition) is 1. The number of hydrogen-bond acceptors (Lipinski definition) is 5. The average molecular weight is 294 g/mol. The second kappa shape index (κ2) is 7.04. The van der Waals surface area contributed by atoms with E-state index in [-0.39, 0.29) is 11.9 Å². The van der Waals surface area contributed by atoms with Crippen molar-refractivity contribution in [3.05, 3.63) is 17.5 Å². The van der Waals surface area contributed by atoms with Gasteiger partial charge in [0.25, 0.3) is 0 Å². The summed E-state index contributed by atoms with van der Waals surface area (Å²) in [5, 5.41) is 3.89. The molecule has 1 saturated heterocycles. The second-order valence-corrected chi connectivity index (χ2v) is 6.27.